The van der Waals surface area contributed by atoms with Crippen LogP contribution in [0.2, 0.25) is 0 Å². The minimum atomic E-state index is -1.02. The summed E-state index contributed by atoms with van der Waals surface area (Å²) in [7, 11) is 0. The molecule has 192 valence electrons. The number of rotatable bonds is 6. The van der Waals surface area contributed by atoms with Crippen molar-refractivity contribution in [3.63, 3.8) is 0 Å². The number of nitrogens with zero attached hydrogens (tertiary/aromatic N) is 1. The van der Waals surface area contributed by atoms with Crippen LogP contribution in [-0.2, 0) is 14.3 Å². The highest BCUT2D eigenvalue weighted by Crippen LogP contribution is 2.44. The van der Waals surface area contributed by atoms with Gasteiger partial charge in [-0.1, -0.05) is 48.5 Å². The van der Waals surface area contributed by atoms with E-state index in [2.05, 4.69) is 17.4 Å². The Balaban J connectivity index is 1.40. The molecule has 1 aliphatic carbocycles. The summed E-state index contributed by atoms with van der Waals surface area (Å²) in [4.78, 5) is 38.6. The molecule has 2 atom stereocenters. The summed E-state index contributed by atoms with van der Waals surface area (Å²) in [6, 6.07) is 15.5. The van der Waals surface area contributed by atoms with Gasteiger partial charge in [-0.15, -0.1) is 0 Å². The summed E-state index contributed by atoms with van der Waals surface area (Å²) in [6.07, 6.45) is 0.0598. The van der Waals surface area contributed by atoms with Crippen LogP contribution >= 0.6 is 0 Å². The number of carboxylic acids is 1. The van der Waals surface area contributed by atoms with Crippen LogP contribution in [0.15, 0.2) is 48.5 Å². The van der Waals surface area contributed by atoms with E-state index < -0.39 is 29.8 Å². The summed E-state index contributed by atoms with van der Waals surface area (Å²) in [5.41, 5.74) is 3.86. The molecular weight excluding hydrogens is 460 g/mol. The molecule has 36 heavy (non-hydrogen) atoms. The fourth-order valence-corrected chi connectivity index (χ4v) is 5.15. The molecular formula is C28H34N2O6. The third kappa shape index (κ3) is 5.98. The standard InChI is InChI=1S/C28H34N2O6/c1-28(2,3)36-27(34)30-14-8-9-18(16-30)24(15-25(31)32)29-26(33)35-17-23-21-12-6-4-10-19(21)20-11-5-7-13-22(20)23/h4-7,10-13,18,23-24H,8-9,14-17H2,1-3H3,(H,29,33)(H,31,32)/t18-,24+/m0/s1. The molecule has 0 aromatic heterocycles. The fraction of sp³-hybridized carbons (Fsp3) is 0.464. The smallest absolute Gasteiger partial charge is 0.410 e. The number of carbonyl (C=O) groups is 3. The SMILES string of the molecule is CC(C)(C)OC(=O)N1CCC[C@H]([C@@H](CC(=O)O)NC(=O)OCC2c3ccccc3-c3ccccc32)C1. The molecule has 1 fully saturated rings. The number of hydrogen-bond acceptors (Lipinski definition) is 5. The molecule has 4 rings (SSSR count). The molecule has 0 spiro atoms. The minimum Gasteiger partial charge on any atom is -0.481 e. The summed E-state index contributed by atoms with van der Waals surface area (Å²) >= 11 is 0. The van der Waals surface area contributed by atoms with Gasteiger partial charge in [-0.25, -0.2) is 9.59 Å². The van der Waals surface area contributed by atoms with Crippen LogP contribution in [0.3, 0.4) is 0 Å². The molecule has 0 bridgehead atoms. The Bertz CT molecular complexity index is 1080. The number of nitrogens with one attached hydrogen (secondary N) is 1. The van der Waals surface area contributed by atoms with Gasteiger partial charge in [0.2, 0.25) is 0 Å². The van der Waals surface area contributed by atoms with E-state index in [-0.39, 0.29) is 24.9 Å². The maximum absolute atomic E-state index is 12.8. The number of hydrogen-bond donors (Lipinski definition) is 2. The monoisotopic (exact) mass is 494 g/mol. The number of fused-ring (bicyclic) bond motifs is 3. The lowest BCUT2D eigenvalue weighted by Crippen LogP contribution is -2.50. The van der Waals surface area contributed by atoms with Crippen molar-refractivity contribution in [2.24, 2.45) is 5.92 Å². The summed E-state index contributed by atoms with van der Waals surface area (Å²) in [5.74, 6) is -1.32. The average molecular weight is 495 g/mol. The normalized spacial score (nSPS) is 18.1. The maximum Gasteiger partial charge on any atom is 0.410 e. The Hall–Kier alpha value is -3.55. The quantitative estimate of drug-likeness (QED) is 0.585. The average Bonchev–Trinajstić information content (AvgIpc) is 3.15. The lowest BCUT2D eigenvalue weighted by atomic mass is 9.89. The topological polar surface area (TPSA) is 105 Å². The van der Waals surface area contributed by atoms with Crippen molar-refractivity contribution in [2.45, 2.75) is 57.6 Å². The third-order valence-electron chi connectivity index (χ3n) is 6.72. The van der Waals surface area contributed by atoms with Gasteiger partial charge in [0.15, 0.2) is 0 Å². The Kier molecular flexibility index (Phi) is 7.52. The Labute approximate surface area is 211 Å². The third-order valence-corrected chi connectivity index (χ3v) is 6.72. The Morgan fingerprint density at radius 3 is 2.25 bits per heavy atom. The van der Waals surface area contributed by atoms with Gasteiger partial charge in [-0.05, 0) is 61.8 Å². The predicted molar refractivity (Wildman–Crippen MR) is 135 cm³/mol. The fourth-order valence-electron chi connectivity index (χ4n) is 5.15. The molecule has 1 saturated heterocycles. The van der Waals surface area contributed by atoms with Crippen LogP contribution < -0.4 is 5.32 Å². The molecule has 2 amide bonds. The number of alkyl carbamates (subject to hydrolysis) is 1. The number of piperidine rings is 1. The largest absolute Gasteiger partial charge is 0.481 e. The Morgan fingerprint density at radius 1 is 1.06 bits per heavy atom. The second kappa shape index (κ2) is 10.6. The van der Waals surface area contributed by atoms with E-state index in [1.54, 1.807) is 25.7 Å². The number of amides is 2. The van der Waals surface area contributed by atoms with Crippen LogP contribution in [0.4, 0.5) is 9.59 Å². The van der Waals surface area contributed by atoms with E-state index in [1.807, 2.05) is 36.4 Å². The van der Waals surface area contributed by atoms with Gasteiger partial charge in [0.25, 0.3) is 0 Å². The lowest BCUT2D eigenvalue weighted by molar-refractivity contribution is -0.138. The van der Waals surface area contributed by atoms with Crippen molar-refractivity contribution in [3.05, 3.63) is 59.7 Å². The van der Waals surface area contributed by atoms with Crippen LogP contribution in [0.1, 0.15) is 57.1 Å². The van der Waals surface area contributed by atoms with Gasteiger partial charge in [-0.3, -0.25) is 4.79 Å². The van der Waals surface area contributed by atoms with Crippen molar-refractivity contribution in [3.8, 4) is 11.1 Å². The van der Waals surface area contributed by atoms with E-state index in [0.717, 1.165) is 22.3 Å². The van der Waals surface area contributed by atoms with Crippen molar-refractivity contribution < 1.29 is 29.0 Å². The molecule has 0 radical (unpaired) electrons. The van der Waals surface area contributed by atoms with Gasteiger partial charge in [0, 0.05) is 25.0 Å². The second-order valence-electron chi connectivity index (χ2n) is 10.5. The zero-order chi connectivity index (χ0) is 25.9. The summed E-state index contributed by atoms with van der Waals surface area (Å²) in [5, 5.41) is 12.3. The lowest BCUT2D eigenvalue weighted by Gasteiger charge is -2.37. The number of likely N-dealkylation sites (tertiary alicyclic amines) is 1. The molecule has 8 heteroatoms. The summed E-state index contributed by atoms with van der Waals surface area (Å²) in [6.45, 7) is 6.41. The van der Waals surface area contributed by atoms with Gasteiger partial charge in [0.05, 0.1) is 6.42 Å². The van der Waals surface area contributed by atoms with Crippen LogP contribution in [0.5, 0.6) is 0 Å². The summed E-state index contributed by atoms with van der Waals surface area (Å²) < 4.78 is 11.1. The highest BCUT2D eigenvalue weighted by atomic mass is 16.6. The molecule has 1 heterocycles. The van der Waals surface area contributed by atoms with Gasteiger partial charge in [0.1, 0.15) is 12.2 Å². The number of benzene rings is 2. The first-order valence-corrected chi connectivity index (χ1v) is 12.4. The van der Waals surface area contributed by atoms with Crippen LogP contribution in [0.25, 0.3) is 11.1 Å². The van der Waals surface area contributed by atoms with Crippen molar-refractivity contribution >= 4 is 18.2 Å². The van der Waals surface area contributed by atoms with Crippen LogP contribution in [0, 0.1) is 5.92 Å². The molecule has 2 aliphatic rings. The molecule has 2 aromatic carbocycles. The van der Waals surface area contributed by atoms with Crippen molar-refractivity contribution in [2.75, 3.05) is 19.7 Å². The first kappa shape index (κ1) is 25.5. The predicted octanol–water partition coefficient (Wildman–Crippen LogP) is 5.02. The maximum atomic E-state index is 12.8. The van der Waals surface area contributed by atoms with Gasteiger partial charge >= 0.3 is 18.2 Å². The minimum absolute atomic E-state index is 0.0848. The van der Waals surface area contributed by atoms with E-state index in [1.165, 1.54) is 0 Å². The van der Waals surface area contributed by atoms with Crippen LogP contribution in [-0.4, -0.2) is 59.5 Å². The number of aliphatic carboxylic acids is 1. The van der Waals surface area contributed by atoms with E-state index in [4.69, 9.17) is 9.47 Å². The molecule has 0 unspecified atom stereocenters. The molecule has 0 saturated carbocycles. The molecule has 2 N–H and O–H groups in total. The zero-order valence-corrected chi connectivity index (χ0v) is 21.0. The second-order valence-corrected chi connectivity index (χ2v) is 10.5. The molecule has 1 aliphatic heterocycles. The number of ether oxygens (including phenoxy) is 2. The highest BCUT2D eigenvalue weighted by molar-refractivity contribution is 5.79. The zero-order valence-electron chi connectivity index (χ0n) is 21.0. The Morgan fingerprint density at radius 2 is 1.67 bits per heavy atom. The number of carboxylic acid groups (broad SMARTS) is 1. The van der Waals surface area contributed by atoms with Crippen molar-refractivity contribution in [1.29, 1.82) is 0 Å². The van der Waals surface area contributed by atoms with E-state index >= 15 is 0 Å². The van der Waals surface area contributed by atoms with Gasteiger partial charge < -0.3 is 24.8 Å². The van der Waals surface area contributed by atoms with E-state index in [0.29, 0.717) is 25.9 Å². The first-order chi connectivity index (χ1) is 17.1. The highest BCUT2D eigenvalue weighted by Gasteiger charge is 2.34. The molecule has 8 nitrogen and oxygen atoms in total. The van der Waals surface area contributed by atoms with Crippen molar-refractivity contribution in [1.82, 2.24) is 10.2 Å². The van der Waals surface area contributed by atoms with E-state index in [9.17, 15) is 19.5 Å². The molecule has 2 aromatic rings. The van der Waals surface area contributed by atoms with Gasteiger partial charge in [-0.2, -0.15) is 0 Å². The first-order valence-electron chi connectivity index (χ1n) is 12.4. The number of carbonyl (C=O) groups excluding carboxylic acids is 2.